The number of halogens is 1. The Morgan fingerprint density at radius 3 is 2.81 bits per heavy atom. The minimum absolute atomic E-state index is 0.0616. The molecule has 1 aromatic rings. The van der Waals surface area contributed by atoms with Crippen LogP contribution in [0.25, 0.3) is 0 Å². The Hall–Kier alpha value is -0.730. The summed E-state index contributed by atoms with van der Waals surface area (Å²) in [6.07, 6.45) is 3.76. The average molecular weight is 240 g/mol. The lowest BCUT2D eigenvalue weighted by Crippen LogP contribution is -2.20. The average Bonchev–Trinajstić information content (AvgIpc) is 3.12. The highest BCUT2D eigenvalue weighted by atomic mass is 35.5. The molecule has 0 aromatic heterocycles. The highest BCUT2D eigenvalue weighted by Crippen LogP contribution is 2.36. The fraction of sp³-hybridized carbons (Fsp3) is 0.538. The topological polar surface area (TPSA) is 32.3 Å². The molecule has 1 unspecified atom stereocenters. The fourth-order valence-corrected chi connectivity index (χ4v) is 2.21. The lowest BCUT2D eigenvalue weighted by molar-refractivity contribution is 0.282. The molecule has 2 rings (SSSR count). The zero-order valence-corrected chi connectivity index (χ0v) is 10.3. The molecule has 1 saturated carbocycles. The number of aliphatic hydroxyl groups excluding tert-OH is 1. The molecule has 0 bridgehead atoms. The van der Waals surface area contributed by atoms with Gasteiger partial charge < -0.3 is 10.4 Å². The molecule has 0 saturated heterocycles. The quantitative estimate of drug-likeness (QED) is 0.825. The van der Waals surface area contributed by atoms with Gasteiger partial charge in [0.25, 0.3) is 0 Å². The van der Waals surface area contributed by atoms with Gasteiger partial charge in [-0.3, -0.25) is 0 Å². The van der Waals surface area contributed by atoms with E-state index in [4.69, 9.17) is 16.7 Å². The Bertz CT molecular complexity index is 363. The van der Waals surface area contributed by atoms with E-state index in [0.29, 0.717) is 6.04 Å². The Morgan fingerprint density at radius 1 is 1.50 bits per heavy atom. The van der Waals surface area contributed by atoms with Crippen LogP contribution in [0.5, 0.6) is 0 Å². The third-order valence-corrected chi connectivity index (χ3v) is 3.51. The highest BCUT2D eigenvalue weighted by Gasteiger charge is 2.30. The number of benzene rings is 1. The SMILES string of the molecule is CCC(Nc1cc(CO)ccc1Cl)C1CC1. The summed E-state index contributed by atoms with van der Waals surface area (Å²) in [5.41, 5.74) is 1.85. The van der Waals surface area contributed by atoms with Gasteiger partial charge in [-0.25, -0.2) is 0 Å². The van der Waals surface area contributed by atoms with E-state index in [1.54, 1.807) is 0 Å². The molecule has 1 atom stereocenters. The minimum Gasteiger partial charge on any atom is -0.392 e. The summed E-state index contributed by atoms with van der Waals surface area (Å²) in [4.78, 5) is 0. The van der Waals surface area contributed by atoms with E-state index in [1.165, 1.54) is 12.8 Å². The molecule has 1 aliphatic rings. The molecule has 0 heterocycles. The van der Waals surface area contributed by atoms with E-state index in [1.807, 2.05) is 18.2 Å². The maximum atomic E-state index is 9.09. The molecule has 2 nitrogen and oxygen atoms in total. The Morgan fingerprint density at radius 2 is 2.25 bits per heavy atom. The molecule has 2 N–H and O–H groups in total. The van der Waals surface area contributed by atoms with Crippen molar-refractivity contribution in [3.8, 4) is 0 Å². The van der Waals surface area contributed by atoms with E-state index in [0.717, 1.165) is 28.6 Å². The van der Waals surface area contributed by atoms with Crippen LogP contribution < -0.4 is 5.32 Å². The van der Waals surface area contributed by atoms with Gasteiger partial charge in [0.2, 0.25) is 0 Å². The van der Waals surface area contributed by atoms with Gasteiger partial charge in [-0.1, -0.05) is 24.6 Å². The predicted molar refractivity (Wildman–Crippen MR) is 67.8 cm³/mol. The molecule has 0 amide bonds. The second-order valence-corrected chi connectivity index (χ2v) is 4.88. The third kappa shape index (κ3) is 2.69. The summed E-state index contributed by atoms with van der Waals surface area (Å²) in [6, 6.07) is 6.15. The van der Waals surface area contributed by atoms with E-state index in [9.17, 15) is 0 Å². The van der Waals surface area contributed by atoms with Crippen LogP contribution in [0.4, 0.5) is 5.69 Å². The van der Waals surface area contributed by atoms with Crippen molar-refractivity contribution in [1.82, 2.24) is 0 Å². The second-order valence-electron chi connectivity index (χ2n) is 4.47. The normalized spacial score (nSPS) is 17.2. The number of hydrogen-bond donors (Lipinski definition) is 2. The summed E-state index contributed by atoms with van der Waals surface area (Å²) in [6.45, 7) is 2.26. The maximum absolute atomic E-state index is 9.09. The summed E-state index contributed by atoms with van der Waals surface area (Å²) < 4.78 is 0. The highest BCUT2D eigenvalue weighted by molar-refractivity contribution is 6.33. The molecule has 0 radical (unpaired) electrons. The van der Waals surface area contributed by atoms with Gasteiger partial charge in [0.1, 0.15) is 0 Å². The van der Waals surface area contributed by atoms with Gasteiger partial charge in [0.15, 0.2) is 0 Å². The molecule has 16 heavy (non-hydrogen) atoms. The number of anilines is 1. The van der Waals surface area contributed by atoms with Crippen LogP contribution in [0.15, 0.2) is 18.2 Å². The molecule has 1 fully saturated rings. The van der Waals surface area contributed by atoms with Crippen LogP contribution in [-0.2, 0) is 6.61 Å². The van der Waals surface area contributed by atoms with E-state index in [2.05, 4.69) is 12.2 Å². The lowest BCUT2D eigenvalue weighted by atomic mass is 10.1. The first kappa shape index (κ1) is 11.7. The van der Waals surface area contributed by atoms with Crippen molar-refractivity contribution in [1.29, 1.82) is 0 Å². The first-order valence-electron chi connectivity index (χ1n) is 5.90. The van der Waals surface area contributed by atoms with Crippen LogP contribution >= 0.6 is 11.6 Å². The van der Waals surface area contributed by atoms with Crippen molar-refractivity contribution < 1.29 is 5.11 Å². The van der Waals surface area contributed by atoms with Crippen molar-refractivity contribution in [3.63, 3.8) is 0 Å². The first-order chi connectivity index (χ1) is 7.74. The molecular formula is C13H18ClNO. The van der Waals surface area contributed by atoms with Crippen LogP contribution in [-0.4, -0.2) is 11.1 Å². The summed E-state index contributed by atoms with van der Waals surface area (Å²) in [5, 5.41) is 13.3. The largest absolute Gasteiger partial charge is 0.392 e. The molecular weight excluding hydrogens is 222 g/mol. The third-order valence-electron chi connectivity index (χ3n) is 3.19. The van der Waals surface area contributed by atoms with Gasteiger partial charge >= 0.3 is 0 Å². The van der Waals surface area contributed by atoms with Crippen molar-refractivity contribution in [2.75, 3.05) is 5.32 Å². The Balaban J connectivity index is 2.11. The van der Waals surface area contributed by atoms with E-state index < -0.39 is 0 Å². The molecule has 1 aromatic carbocycles. The Labute approximate surface area is 102 Å². The molecule has 1 aliphatic carbocycles. The minimum atomic E-state index is 0.0616. The molecule has 88 valence electrons. The van der Waals surface area contributed by atoms with Crippen molar-refractivity contribution in [2.45, 2.75) is 38.8 Å². The van der Waals surface area contributed by atoms with Gasteiger partial charge in [-0.05, 0) is 42.9 Å². The monoisotopic (exact) mass is 239 g/mol. The number of nitrogens with one attached hydrogen (secondary N) is 1. The van der Waals surface area contributed by atoms with Crippen molar-refractivity contribution in [3.05, 3.63) is 28.8 Å². The predicted octanol–water partition coefficient (Wildman–Crippen LogP) is 3.43. The zero-order valence-electron chi connectivity index (χ0n) is 9.54. The van der Waals surface area contributed by atoms with Crippen molar-refractivity contribution in [2.24, 2.45) is 5.92 Å². The number of rotatable bonds is 5. The number of aliphatic hydroxyl groups is 1. The summed E-state index contributed by atoms with van der Waals surface area (Å²) in [5.74, 6) is 0.804. The van der Waals surface area contributed by atoms with Gasteiger partial charge in [-0.2, -0.15) is 0 Å². The zero-order chi connectivity index (χ0) is 11.5. The lowest BCUT2D eigenvalue weighted by Gasteiger charge is -2.19. The van der Waals surface area contributed by atoms with Gasteiger partial charge in [0, 0.05) is 6.04 Å². The molecule has 3 heteroatoms. The van der Waals surface area contributed by atoms with Crippen LogP contribution in [0.1, 0.15) is 31.7 Å². The van der Waals surface area contributed by atoms with Crippen molar-refractivity contribution >= 4 is 17.3 Å². The first-order valence-corrected chi connectivity index (χ1v) is 6.28. The van der Waals surface area contributed by atoms with Crippen LogP contribution in [0.2, 0.25) is 5.02 Å². The van der Waals surface area contributed by atoms with Gasteiger partial charge in [0.05, 0.1) is 17.3 Å². The molecule has 0 aliphatic heterocycles. The smallest absolute Gasteiger partial charge is 0.0682 e. The summed E-state index contributed by atoms with van der Waals surface area (Å²) in [7, 11) is 0. The second kappa shape index (κ2) is 5.07. The van der Waals surface area contributed by atoms with Crippen LogP contribution in [0.3, 0.4) is 0 Å². The van der Waals surface area contributed by atoms with E-state index in [-0.39, 0.29) is 6.61 Å². The van der Waals surface area contributed by atoms with Crippen LogP contribution in [0, 0.1) is 5.92 Å². The maximum Gasteiger partial charge on any atom is 0.0682 e. The molecule has 0 spiro atoms. The standard InChI is InChI=1S/C13H18ClNO/c1-2-12(10-4-5-10)15-13-7-9(8-16)3-6-11(13)14/h3,6-7,10,12,15-16H,2,4-5,8H2,1H3. The van der Waals surface area contributed by atoms with E-state index >= 15 is 0 Å². The fourth-order valence-electron chi connectivity index (χ4n) is 2.03. The number of hydrogen-bond acceptors (Lipinski definition) is 2. The Kier molecular flexibility index (Phi) is 3.72. The van der Waals surface area contributed by atoms with Gasteiger partial charge in [-0.15, -0.1) is 0 Å². The summed E-state index contributed by atoms with van der Waals surface area (Å²) >= 11 is 6.14.